The molecule has 1 atom stereocenters. The molecule has 1 unspecified atom stereocenters. The molecular weight excluding hydrogens is 340 g/mol. The Labute approximate surface area is 156 Å². The van der Waals surface area contributed by atoms with Crippen molar-refractivity contribution < 1.29 is 28.9 Å². The van der Waals surface area contributed by atoms with Crippen LogP contribution in [0.15, 0.2) is 12.3 Å². The van der Waals surface area contributed by atoms with Gasteiger partial charge in [0.05, 0.1) is 26.1 Å². The molecule has 2 aliphatic heterocycles. The van der Waals surface area contributed by atoms with E-state index >= 15 is 0 Å². The lowest BCUT2D eigenvalue weighted by Gasteiger charge is -2.22. The molecule has 1 fully saturated rings. The first kappa shape index (κ1) is 24.4. The molecule has 2 amide bonds. The number of carbonyl (C=O) groups excluding carboxylic acids is 2. The van der Waals surface area contributed by atoms with Crippen molar-refractivity contribution in [3.63, 3.8) is 0 Å². The van der Waals surface area contributed by atoms with E-state index in [1.165, 1.54) is 33.1 Å². The number of allylic oxidation sites excluding steroid dienone is 1. The quantitative estimate of drug-likeness (QED) is 0.601. The van der Waals surface area contributed by atoms with Gasteiger partial charge in [0.2, 0.25) is 11.8 Å². The highest BCUT2D eigenvalue weighted by Crippen LogP contribution is 2.12. The summed E-state index contributed by atoms with van der Waals surface area (Å²) in [5, 5.41) is 13.2. The number of hydrogen-bond donors (Lipinski definition) is 3. The third kappa shape index (κ3) is 18.7. The first-order chi connectivity index (χ1) is 12.6. The molecule has 3 N–H and O–H groups in total. The van der Waals surface area contributed by atoms with Crippen LogP contribution >= 0.6 is 0 Å². The average molecular weight is 374 g/mol. The second-order valence-electron chi connectivity index (χ2n) is 5.74. The molecule has 2 heterocycles. The number of amides is 2. The molecule has 8 heteroatoms. The van der Waals surface area contributed by atoms with Crippen LogP contribution < -0.4 is 10.6 Å². The number of ether oxygens (including phenoxy) is 3. The van der Waals surface area contributed by atoms with E-state index in [1.807, 2.05) is 6.08 Å². The molecule has 152 valence electrons. The molecule has 0 bridgehead atoms. The zero-order chi connectivity index (χ0) is 19.5. The summed E-state index contributed by atoms with van der Waals surface area (Å²) in [4.78, 5) is 20.5. The van der Waals surface area contributed by atoms with Gasteiger partial charge in [-0.2, -0.15) is 0 Å². The average Bonchev–Trinajstić information content (AvgIpc) is 2.67. The minimum absolute atomic E-state index is 0.0135. The van der Waals surface area contributed by atoms with Crippen molar-refractivity contribution in [1.82, 2.24) is 10.6 Å². The van der Waals surface area contributed by atoms with Crippen LogP contribution in [0.3, 0.4) is 0 Å². The van der Waals surface area contributed by atoms with E-state index in [2.05, 4.69) is 10.6 Å². The second-order valence-corrected chi connectivity index (χ2v) is 5.74. The van der Waals surface area contributed by atoms with Crippen LogP contribution in [0, 0.1) is 0 Å². The molecule has 2 aliphatic rings. The monoisotopic (exact) mass is 374 g/mol. The van der Waals surface area contributed by atoms with Crippen molar-refractivity contribution in [2.24, 2.45) is 0 Å². The Kier molecular flexibility index (Phi) is 17.0. The summed E-state index contributed by atoms with van der Waals surface area (Å²) < 4.78 is 15.6. The van der Waals surface area contributed by atoms with E-state index < -0.39 is 0 Å². The van der Waals surface area contributed by atoms with E-state index in [0.29, 0.717) is 19.7 Å². The molecule has 0 spiro atoms. The van der Waals surface area contributed by atoms with Gasteiger partial charge in [-0.25, -0.2) is 0 Å². The molecule has 2 rings (SSSR count). The summed E-state index contributed by atoms with van der Waals surface area (Å²) in [5.74, 6) is -0.123. The van der Waals surface area contributed by atoms with Gasteiger partial charge < -0.3 is 30.0 Å². The summed E-state index contributed by atoms with van der Waals surface area (Å²) >= 11 is 0. The van der Waals surface area contributed by atoms with Crippen molar-refractivity contribution in [1.29, 1.82) is 0 Å². The van der Waals surface area contributed by atoms with Gasteiger partial charge in [-0.1, -0.05) is 0 Å². The van der Waals surface area contributed by atoms with Crippen molar-refractivity contribution in [3.05, 3.63) is 12.3 Å². The maximum absolute atomic E-state index is 10.5. The Morgan fingerprint density at radius 3 is 2.23 bits per heavy atom. The van der Waals surface area contributed by atoms with Crippen molar-refractivity contribution >= 4 is 11.8 Å². The van der Waals surface area contributed by atoms with Crippen LogP contribution in [0.5, 0.6) is 0 Å². The molecule has 26 heavy (non-hydrogen) atoms. The number of aliphatic hydroxyl groups is 1. The molecular formula is C18H34N2O6. The Morgan fingerprint density at radius 1 is 1.12 bits per heavy atom. The van der Waals surface area contributed by atoms with E-state index in [0.717, 1.165) is 26.1 Å². The van der Waals surface area contributed by atoms with Gasteiger partial charge in [-0.3, -0.25) is 9.59 Å². The maximum Gasteiger partial charge on any atom is 0.216 e. The van der Waals surface area contributed by atoms with Crippen LogP contribution in [0.2, 0.25) is 0 Å². The Balaban J connectivity index is 0.000000404. The number of rotatable bonds is 6. The summed E-state index contributed by atoms with van der Waals surface area (Å²) in [6.45, 7) is 6.09. The standard InChI is InChI=1S/C9H17NO3.C5H8O.C4H9NO2/c1-8(11)10-5-7-13-9-4-2-3-6-12-9;1-2-4-6-5-3-1;1-4(7)5-2-3-6/h9H,2-7H2,1H3,(H,10,11);2,4H,1,3,5H2;6H,2-3H2,1H3,(H,5,7). The summed E-state index contributed by atoms with van der Waals surface area (Å²) in [6, 6.07) is 0. The van der Waals surface area contributed by atoms with Crippen LogP contribution in [-0.2, 0) is 23.8 Å². The largest absolute Gasteiger partial charge is 0.502 e. The minimum atomic E-state index is -0.103. The summed E-state index contributed by atoms with van der Waals surface area (Å²) in [6.07, 6.45) is 9.42. The number of nitrogens with one attached hydrogen (secondary N) is 2. The summed E-state index contributed by atoms with van der Waals surface area (Å²) in [5.41, 5.74) is 0. The molecule has 1 saturated heterocycles. The molecule has 0 aromatic carbocycles. The molecule has 0 aliphatic carbocycles. The molecule has 0 radical (unpaired) electrons. The normalized spacial score (nSPS) is 18.2. The first-order valence-electron chi connectivity index (χ1n) is 9.15. The Bertz CT molecular complexity index is 376. The van der Waals surface area contributed by atoms with Crippen LogP contribution in [0.25, 0.3) is 0 Å². The van der Waals surface area contributed by atoms with Gasteiger partial charge in [0.25, 0.3) is 0 Å². The third-order valence-corrected chi connectivity index (χ3v) is 3.23. The van der Waals surface area contributed by atoms with Crippen molar-refractivity contribution in [2.45, 2.75) is 52.2 Å². The number of hydrogen-bond acceptors (Lipinski definition) is 6. The Hall–Kier alpha value is -1.64. The van der Waals surface area contributed by atoms with E-state index in [4.69, 9.17) is 19.3 Å². The van der Waals surface area contributed by atoms with Crippen LogP contribution in [-0.4, -0.2) is 62.7 Å². The molecule has 8 nitrogen and oxygen atoms in total. The van der Waals surface area contributed by atoms with E-state index in [1.54, 1.807) is 6.26 Å². The number of carbonyl (C=O) groups is 2. The van der Waals surface area contributed by atoms with Gasteiger partial charge in [-0.15, -0.1) is 0 Å². The predicted molar refractivity (Wildman–Crippen MR) is 98.3 cm³/mol. The molecule has 0 aromatic rings. The fourth-order valence-corrected chi connectivity index (χ4v) is 1.98. The highest BCUT2D eigenvalue weighted by Gasteiger charge is 2.13. The highest BCUT2D eigenvalue weighted by atomic mass is 16.7. The van der Waals surface area contributed by atoms with E-state index in [9.17, 15) is 9.59 Å². The third-order valence-electron chi connectivity index (χ3n) is 3.23. The topological polar surface area (TPSA) is 106 Å². The first-order valence-corrected chi connectivity index (χ1v) is 9.15. The van der Waals surface area contributed by atoms with Gasteiger partial charge in [0.1, 0.15) is 0 Å². The van der Waals surface area contributed by atoms with Crippen LogP contribution in [0.4, 0.5) is 0 Å². The number of aliphatic hydroxyl groups excluding tert-OH is 1. The van der Waals surface area contributed by atoms with Gasteiger partial charge >= 0.3 is 0 Å². The highest BCUT2D eigenvalue weighted by molar-refractivity contribution is 5.73. The Morgan fingerprint density at radius 2 is 1.85 bits per heavy atom. The van der Waals surface area contributed by atoms with Crippen LogP contribution in [0.1, 0.15) is 46.0 Å². The van der Waals surface area contributed by atoms with Crippen molar-refractivity contribution in [3.8, 4) is 0 Å². The smallest absolute Gasteiger partial charge is 0.216 e. The van der Waals surface area contributed by atoms with Crippen molar-refractivity contribution in [2.75, 3.05) is 39.5 Å². The molecule has 0 saturated carbocycles. The van der Waals surface area contributed by atoms with E-state index in [-0.39, 0.29) is 24.7 Å². The zero-order valence-electron chi connectivity index (χ0n) is 16.0. The lowest BCUT2D eigenvalue weighted by atomic mass is 10.2. The maximum atomic E-state index is 10.5. The SMILES string of the molecule is C1=COCCC1.CC(=O)NCCO.CC(=O)NCCOC1CCCCO1. The molecule has 0 aromatic heterocycles. The fraction of sp³-hybridized carbons (Fsp3) is 0.778. The lowest BCUT2D eigenvalue weighted by molar-refractivity contribution is -0.161. The van der Waals surface area contributed by atoms with Gasteiger partial charge in [0.15, 0.2) is 6.29 Å². The lowest BCUT2D eigenvalue weighted by Crippen LogP contribution is -2.29. The van der Waals surface area contributed by atoms with Gasteiger partial charge in [-0.05, 0) is 38.2 Å². The minimum Gasteiger partial charge on any atom is -0.502 e. The summed E-state index contributed by atoms with van der Waals surface area (Å²) in [7, 11) is 0. The second kappa shape index (κ2) is 18.2. The fourth-order valence-electron chi connectivity index (χ4n) is 1.98. The van der Waals surface area contributed by atoms with Gasteiger partial charge in [0, 0.05) is 33.5 Å². The zero-order valence-corrected chi connectivity index (χ0v) is 16.0. The predicted octanol–water partition coefficient (Wildman–Crippen LogP) is 1.09.